The van der Waals surface area contributed by atoms with Gasteiger partial charge < -0.3 is 15.1 Å². The average molecular weight is 329 g/mol. The maximum atomic E-state index is 12.4. The highest BCUT2D eigenvalue weighted by Crippen LogP contribution is 2.19. The lowest BCUT2D eigenvalue weighted by molar-refractivity contribution is 0.186. The first-order valence-corrected chi connectivity index (χ1v) is 8.76. The van der Waals surface area contributed by atoms with Gasteiger partial charge in [-0.25, -0.2) is 9.31 Å². The number of carbonyl (C=O) groups excluding carboxylic acids is 1. The molecule has 0 unspecified atom stereocenters. The Kier molecular flexibility index (Phi) is 4.18. The van der Waals surface area contributed by atoms with E-state index in [1.54, 1.807) is 10.8 Å². The summed E-state index contributed by atoms with van der Waals surface area (Å²) < 4.78 is 1.65. The monoisotopic (exact) mass is 329 g/mol. The number of hydrogen-bond donors (Lipinski definition) is 1. The zero-order chi connectivity index (χ0) is 16.4. The van der Waals surface area contributed by atoms with Gasteiger partial charge in [0, 0.05) is 38.3 Å². The minimum atomic E-state index is 0.0904. The molecule has 2 amide bonds. The number of hydrogen-bond acceptors (Lipinski definition) is 5. The first-order valence-electron chi connectivity index (χ1n) is 8.76. The molecule has 0 atom stereocenters. The van der Waals surface area contributed by atoms with Crippen LogP contribution in [0.1, 0.15) is 32.1 Å². The van der Waals surface area contributed by atoms with E-state index in [0.29, 0.717) is 6.04 Å². The van der Waals surface area contributed by atoms with Crippen molar-refractivity contribution < 1.29 is 4.79 Å². The maximum absolute atomic E-state index is 12.4. The molecular formula is C16H23N7O. The molecule has 0 bridgehead atoms. The fourth-order valence-electron chi connectivity index (χ4n) is 3.57. The Morgan fingerprint density at radius 1 is 1.12 bits per heavy atom. The summed E-state index contributed by atoms with van der Waals surface area (Å²) in [7, 11) is 0. The lowest BCUT2D eigenvalue weighted by Gasteiger charge is -2.36. The summed E-state index contributed by atoms with van der Waals surface area (Å²) in [5.74, 6) is 0. The summed E-state index contributed by atoms with van der Waals surface area (Å²) in [6, 6.07) is 2.44. The Bertz CT molecular complexity index is 701. The zero-order valence-electron chi connectivity index (χ0n) is 13.8. The van der Waals surface area contributed by atoms with E-state index in [2.05, 4.69) is 25.5 Å². The summed E-state index contributed by atoms with van der Waals surface area (Å²) in [5, 5.41) is 15.4. The number of carbonyl (C=O) groups is 1. The van der Waals surface area contributed by atoms with Crippen LogP contribution in [0.5, 0.6) is 0 Å². The third-order valence-corrected chi connectivity index (χ3v) is 5.01. The van der Waals surface area contributed by atoms with E-state index in [1.165, 1.54) is 19.3 Å². The highest BCUT2D eigenvalue weighted by atomic mass is 16.2. The molecule has 1 saturated carbocycles. The van der Waals surface area contributed by atoms with Crippen molar-refractivity contribution in [3.63, 3.8) is 0 Å². The molecular weight excluding hydrogens is 306 g/mol. The predicted molar refractivity (Wildman–Crippen MR) is 90.0 cm³/mol. The summed E-state index contributed by atoms with van der Waals surface area (Å²) in [6.07, 6.45) is 9.43. The standard InChI is InChI=1S/C16H23N7O/c24-16(19-13-4-2-1-3-5-13)22-8-6-21(7-9-22)14-10-15-20-17-12-23(15)18-11-14/h10-13H,1-9H2,(H,19,24). The van der Waals surface area contributed by atoms with Crippen molar-refractivity contribution in [2.45, 2.75) is 38.1 Å². The van der Waals surface area contributed by atoms with Crippen molar-refractivity contribution in [2.75, 3.05) is 31.1 Å². The molecule has 2 aromatic rings. The average Bonchev–Trinajstić information content (AvgIpc) is 3.10. The Morgan fingerprint density at radius 2 is 1.92 bits per heavy atom. The first-order chi connectivity index (χ1) is 11.8. The molecule has 128 valence electrons. The molecule has 3 heterocycles. The largest absolute Gasteiger partial charge is 0.367 e. The number of amides is 2. The number of fused-ring (bicyclic) bond motifs is 1. The van der Waals surface area contributed by atoms with Crippen LogP contribution in [0.3, 0.4) is 0 Å². The lowest BCUT2D eigenvalue weighted by atomic mass is 9.96. The second kappa shape index (κ2) is 6.62. The van der Waals surface area contributed by atoms with Crippen molar-refractivity contribution in [1.29, 1.82) is 0 Å². The minimum Gasteiger partial charge on any atom is -0.367 e. The van der Waals surface area contributed by atoms with Gasteiger partial charge in [0.1, 0.15) is 6.33 Å². The summed E-state index contributed by atoms with van der Waals surface area (Å²) >= 11 is 0. The smallest absolute Gasteiger partial charge is 0.317 e. The van der Waals surface area contributed by atoms with Crippen LogP contribution < -0.4 is 10.2 Å². The molecule has 8 nitrogen and oxygen atoms in total. The van der Waals surface area contributed by atoms with Crippen LogP contribution in [-0.2, 0) is 0 Å². The minimum absolute atomic E-state index is 0.0904. The van der Waals surface area contributed by atoms with Gasteiger partial charge in [-0.15, -0.1) is 10.2 Å². The molecule has 0 aromatic carbocycles. The molecule has 2 aliphatic rings. The molecule has 2 fully saturated rings. The molecule has 1 N–H and O–H groups in total. The van der Waals surface area contributed by atoms with Crippen molar-refractivity contribution in [3.05, 3.63) is 18.6 Å². The highest BCUT2D eigenvalue weighted by molar-refractivity contribution is 5.75. The number of piperazine rings is 1. The molecule has 1 saturated heterocycles. The van der Waals surface area contributed by atoms with Crippen molar-refractivity contribution >= 4 is 17.4 Å². The quantitative estimate of drug-likeness (QED) is 0.898. The maximum Gasteiger partial charge on any atom is 0.317 e. The van der Waals surface area contributed by atoms with Gasteiger partial charge in [-0.2, -0.15) is 5.10 Å². The molecule has 2 aromatic heterocycles. The Balaban J connectivity index is 1.33. The molecule has 1 aliphatic heterocycles. The number of urea groups is 1. The Morgan fingerprint density at radius 3 is 2.71 bits per heavy atom. The van der Waals surface area contributed by atoms with Crippen LogP contribution in [0.2, 0.25) is 0 Å². The van der Waals surface area contributed by atoms with Gasteiger partial charge in [0.05, 0.1) is 11.9 Å². The SMILES string of the molecule is O=C(NC1CCCCC1)N1CCN(c2cnn3cnnc3c2)CC1. The van der Waals surface area contributed by atoms with Crippen LogP contribution >= 0.6 is 0 Å². The molecule has 0 spiro atoms. The number of rotatable bonds is 2. The molecule has 0 radical (unpaired) electrons. The summed E-state index contributed by atoms with van der Waals surface area (Å²) in [5.41, 5.74) is 1.77. The lowest BCUT2D eigenvalue weighted by Crippen LogP contribution is -2.53. The van der Waals surface area contributed by atoms with Gasteiger partial charge in [-0.1, -0.05) is 19.3 Å². The molecule has 8 heteroatoms. The van der Waals surface area contributed by atoms with E-state index in [1.807, 2.05) is 17.2 Å². The van der Waals surface area contributed by atoms with E-state index in [0.717, 1.165) is 50.4 Å². The van der Waals surface area contributed by atoms with Gasteiger partial charge in [-0.05, 0) is 12.8 Å². The van der Waals surface area contributed by atoms with Crippen LogP contribution in [0, 0.1) is 0 Å². The molecule has 24 heavy (non-hydrogen) atoms. The third-order valence-electron chi connectivity index (χ3n) is 5.01. The second-order valence-electron chi connectivity index (χ2n) is 6.61. The predicted octanol–water partition coefficient (Wildman–Crippen LogP) is 1.29. The Labute approximate surface area is 140 Å². The Hall–Kier alpha value is -2.38. The normalized spacial score (nSPS) is 19.7. The van der Waals surface area contributed by atoms with Gasteiger partial charge in [0.15, 0.2) is 5.65 Å². The first kappa shape index (κ1) is 15.2. The van der Waals surface area contributed by atoms with Crippen LogP contribution in [0.4, 0.5) is 10.5 Å². The van der Waals surface area contributed by atoms with Crippen molar-refractivity contribution in [3.8, 4) is 0 Å². The third kappa shape index (κ3) is 3.13. The van der Waals surface area contributed by atoms with Crippen LogP contribution in [-0.4, -0.2) is 63.0 Å². The van der Waals surface area contributed by atoms with E-state index in [4.69, 9.17) is 0 Å². The van der Waals surface area contributed by atoms with Crippen LogP contribution in [0.25, 0.3) is 5.65 Å². The summed E-state index contributed by atoms with van der Waals surface area (Å²) in [6.45, 7) is 3.08. The van der Waals surface area contributed by atoms with E-state index in [9.17, 15) is 4.79 Å². The topological polar surface area (TPSA) is 78.7 Å². The van der Waals surface area contributed by atoms with E-state index >= 15 is 0 Å². The molecule has 4 rings (SSSR count). The fourth-order valence-corrected chi connectivity index (χ4v) is 3.57. The van der Waals surface area contributed by atoms with E-state index < -0.39 is 0 Å². The fraction of sp³-hybridized carbons (Fsp3) is 0.625. The summed E-state index contributed by atoms with van der Waals surface area (Å²) in [4.78, 5) is 16.6. The number of anilines is 1. The van der Waals surface area contributed by atoms with Crippen molar-refractivity contribution in [1.82, 2.24) is 30.0 Å². The van der Waals surface area contributed by atoms with E-state index in [-0.39, 0.29) is 6.03 Å². The van der Waals surface area contributed by atoms with Crippen LogP contribution in [0.15, 0.2) is 18.6 Å². The number of nitrogens with one attached hydrogen (secondary N) is 1. The van der Waals surface area contributed by atoms with Crippen molar-refractivity contribution in [2.24, 2.45) is 0 Å². The second-order valence-corrected chi connectivity index (χ2v) is 6.61. The highest BCUT2D eigenvalue weighted by Gasteiger charge is 2.24. The zero-order valence-corrected chi connectivity index (χ0v) is 13.8. The molecule has 1 aliphatic carbocycles. The van der Waals surface area contributed by atoms with Gasteiger partial charge in [0.2, 0.25) is 0 Å². The van der Waals surface area contributed by atoms with Gasteiger partial charge in [0.25, 0.3) is 0 Å². The van der Waals surface area contributed by atoms with Gasteiger partial charge >= 0.3 is 6.03 Å². The number of nitrogens with zero attached hydrogens (tertiary/aromatic N) is 6. The van der Waals surface area contributed by atoms with Gasteiger partial charge in [-0.3, -0.25) is 0 Å². The number of aromatic nitrogens is 4.